The van der Waals surface area contributed by atoms with Gasteiger partial charge in [-0.25, -0.2) is 0 Å². The average Bonchev–Trinajstić information content (AvgIpc) is 2.42. The number of nitrogens with zero attached hydrogens (tertiary/aromatic N) is 3. The molecule has 0 aromatic heterocycles. The number of piperazine rings is 1. The highest BCUT2D eigenvalue weighted by atomic mass is 16.1. The molecule has 98 valence electrons. The molecule has 1 rings (SSSR count). The van der Waals surface area contributed by atoms with E-state index in [-0.39, 0.29) is 11.5 Å². The Labute approximate surface area is 107 Å². The van der Waals surface area contributed by atoms with Crippen LogP contribution >= 0.6 is 0 Å². The minimum absolute atomic E-state index is 0.114. The number of rotatable bonds is 5. The zero-order valence-corrected chi connectivity index (χ0v) is 10.6. The minimum atomic E-state index is -0.336. The first kappa shape index (κ1) is 14.0. The van der Waals surface area contributed by atoms with Crippen LogP contribution in [0, 0.1) is 11.3 Å². The Kier molecular flexibility index (Phi) is 5.71. The Bertz CT molecular complexity index is 365. The average molecular weight is 250 g/mol. The molecule has 1 fully saturated rings. The number of hydrogen-bond donors (Lipinski definition) is 1. The van der Waals surface area contributed by atoms with E-state index in [1.54, 1.807) is 11.1 Å². The molecule has 1 heterocycles. The van der Waals surface area contributed by atoms with Crippen LogP contribution in [0.3, 0.4) is 0 Å². The highest BCUT2D eigenvalue weighted by Crippen LogP contribution is 2.03. The first-order chi connectivity index (χ1) is 8.71. The van der Waals surface area contributed by atoms with Gasteiger partial charge in [-0.1, -0.05) is 6.92 Å². The number of nitrogens with one attached hydrogen (secondary N) is 1. The van der Waals surface area contributed by atoms with Crippen LogP contribution in [0.4, 0.5) is 0 Å². The summed E-state index contributed by atoms with van der Waals surface area (Å²) < 4.78 is 0. The maximum absolute atomic E-state index is 11.6. The molecule has 0 atom stereocenters. The van der Waals surface area contributed by atoms with E-state index >= 15 is 0 Å². The van der Waals surface area contributed by atoms with E-state index in [0.717, 1.165) is 12.8 Å². The molecule has 6 heteroatoms. The van der Waals surface area contributed by atoms with Crippen LogP contribution in [0.1, 0.15) is 13.3 Å². The maximum atomic E-state index is 11.6. The van der Waals surface area contributed by atoms with Gasteiger partial charge < -0.3 is 15.1 Å². The zero-order chi connectivity index (χ0) is 13.4. The smallest absolute Gasteiger partial charge is 0.263 e. The fraction of sp³-hybridized carbons (Fsp3) is 0.583. The van der Waals surface area contributed by atoms with Gasteiger partial charge in [-0.3, -0.25) is 9.59 Å². The summed E-state index contributed by atoms with van der Waals surface area (Å²) in [5, 5.41) is 11.6. The maximum Gasteiger partial charge on any atom is 0.263 e. The molecule has 0 aromatic rings. The quantitative estimate of drug-likeness (QED) is 0.413. The fourth-order valence-electron chi connectivity index (χ4n) is 1.63. The Morgan fingerprint density at radius 2 is 1.94 bits per heavy atom. The molecule has 0 aromatic carbocycles. The topological polar surface area (TPSA) is 76.4 Å². The second-order valence-corrected chi connectivity index (χ2v) is 4.09. The summed E-state index contributed by atoms with van der Waals surface area (Å²) in [6.07, 6.45) is 3.23. The highest BCUT2D eigenvalue weighted by molar-refractivity contribution is 5.97. The predicted octanol–water partition coefficient (Wildman–Crippen LogP) is -0.306. The Balaban J connectivity index is 2.55. The molecule has 0 saturated carbocycles. The van der Waals surface area contributed by atoms with Crippen molar-refractivity contribution in [2.75, 3.05) is 32.7 Å². The summed E-state index contributed by atoms with van der Waals surface area (Å²) >= 11 is 0. The van der Waals surface area contributed by atoms with Crippen LogP contribution in [0.25, 0.3) is 0 Å². The van der Waals surface area contributed by atoms with Gasteiger partial charge >= 0.3 is 0 Å². The molecular weight excluding hydrogens is 232 g/mol. The predicted molar refractivity (Wildman–Crippen MR) is 66.2 cm³/mol. The third-order valence-electron chi connectivity index (χ3n) is 2.71. The van der Waals surface area contributed by atoms with Gasteiger partial charge in [0.25, 0.3) is 5.91 Å². The van der Waals surface area contributed by atoms with Crippen molar-refractivity contribution in [1.82, 2.24) is 15.1 Å². The van der Waals surface area contributed by atoms with Crippen LogP contribution in [-0.4, -0.2) is 54.8 Å². The SMILES string of the molecule is CCCNC(=O)/C(C#N)=C\N1CCN(C=O)CC1. The van der Waals surface area contributed by atoms with E-state index in [1.807, 2.05) is 17.9 Å². The first-order valence-corrected chi connectivity index (χ1v) is 6.04. The monoisotopic (exact) mass is 250 g/mol. The first-order valence-electron chi connectivity index (χ1n) is 6.04. The molecular formula is C12H18N4O2. The van der Waals surface area contributed by atoms with Crippen molar-refractivity contribution >= 4 is 12.3 Å². The molecule has 0 aliphatic carbocycles. The Morgan fingerprint density at radius 1 is 1.33 bits per heavy atom. The lowest BCUT2D eigenvalue weighted by molar-refractivity contribution is -0.119. The van der Waals surface area contributed by atoms with E-state index in [9.17, 15) is 9.59 Å². The van der Waals surface area contributed by atoms with Crippen molar-refractivity contribution in [2.45, 2.75) is 13.3 Å². The van der Waals surface area contributed by atoms with E-state index in [2.05, 4.69) is 5.32 Å². The van der Waals surface area contributed by atoms with Gasteiger partial charge in [0.15, 0.2) is 0 Å². The summed E-state index contributed by atoms with van der Waals surface area (Å²) in [5.41, 5.74) is 0.114. The van der Waals surface area contributed by atoms with Gasteiger partial charge in [0.1, 0.15) is 11.6 Å². The normalized spacial score (nSPS) is 16.1. The summed E-state index contributed by atoms with van der Waals surface area (Å²) in [6, 6.07) is 1.91. The van der Waals surface area contributed by atoms with Crippen LogP contribution in [0.2, 0.25) is 0 Å². The minimum Gasteiger partial charge on any atom is -0.373 e. The van der Waals surface area contributed by atoms with Gasteiger partial charge in [0.05, 0.1) is 0 Å². The van der Waals surface area contributed by atoms with Crippen molar-refractivity contribution in [1.29, 1.82) is 5.26 Å². The Morgan fingerprint density at radius 3 is 2.44 bits per heavy atom. The summed E-state index contributed by atoms with van der Waals surface area (Å²) in [7, 11) is 0. The fourth-order valence-corrected chi connectivity index (χ4v) is 1.63. The number of carbonyl (C=O) groups excluding carboxylic acids is 2. The van der Waals surface area contributed by atoms with Gasteiger partial charge in [0.2, 0.25) is 6.41 Å². The summed E-state index contributed by atoms with van der Waals surface area (Å²) in [5.74, 6) is -0.336. The second-order valence-electron chi connectivity index (χ2n) is 4.09. The van der Waals surface area contributed by atoms with E-state index in [4.69, 9.17) is 5.26 Å². The number of carbonyl (C=O) groups is 2. The third kappa shape index (κ3) is 4.09. The van der Waals surface area contributed by atoms with Crippen LogP contribution < -0.4 is 5.32 Å². The van der Waals surface area contributed by atoms with Crippen molar-refractivity contribution in [2.24, 2.45) is 0 Å². The van der Waals surface area contributed by atoms with Crippen molar-refractivity contribution in [3.05, 3.63) is 11.8 Å². The van der Waals surface area contributed by atoms with Gasteiger partial charge in [-0.05, 0) is 6.42 Å². The second kappa shape index (κ2) is 7.33. The van der Waals surface area contributed by atoms with Crippen molar-refractivity contribution in [3.63, 3.8) is 0 Å². The zero-order valence-electron chi connectivity index (χ0n) is 10.6. The third-order valence-corrected chi connectivity index (χ3v) is 2.71. The summed E-state index contributed by atoms with van der Waals surface area (Å²) in [6.45, 7) is 5.05. The molecule has 1 saturated heterocycles. The van der Waals surface area contributed by atoms with Gasteiger partial charge in [-0.2, -0.15) is 5.26 Å². The molecule has 6 nitrogen and oxygen atoms in total. The molecule has 0 spiro atoms. The van der Waals surface area contributed by atoms with Crippen LogP contribution in [0.5, 0.6) is 0 Å². The molecule has 1 N–H and O–H groups in total. The van der Waals surface area contributed by atoms with E-state index in [1.165, 1.54) is 0 Å². The molecule has 1 aliphatic heterocycles. The van der Waals surface area contributed by atoms with E-state index in [0.29, 0.717) is 32.7 Å². The van der Waals surface area contributed by atoms with Crippen molar-refractivity contribution in [3.8, 4) is 6.07 Å². The van der Waals surface area contributed by atoms with Crippen LogP contribution in [-0.2, 0) is 9.59 Å². The molecule has 0 radical (unpaired) electrons. The largest absolute Gasteiger partial charge is 0.373 e. The number of amides is 2. The van der Waals surface area contributed by atoms with Crippen LogP contribution in [0.15, 0.2) is 11.8 Å². The van der Waals surface area contributed by atoms with Gasteiger partial charge in [-0.15, -0.1) is 0 Å². The lowest BCUT2D eigenvalue weighted by Crippen LogP contribution is -2.43. The van der Waals surface area contributed by atoms with E-state index < -0.39 is 0 Å². The molecule has 0 bridgehead atoms. The molecule has 2 amide bonds. The number of nitriles is 1. The lowest BCUT2D eigenvalue weighted by Gasteiger charge is -2.31. The highest BCUT2D eigenvalue weighted by Gasteiger charge is 2.15. The Hall–Kier alpha value is -2.03. The summed E-state index contributed by atoms with van der Waals surface area (Å²) in [4.78, 5) is 25.7. The molecule has 0 unspecified atom stereocenters. The van der Waals surface area contributed by atoms with Gasteiger partial charge in [0, 0.05) is 38.9 Å². The lowest BCUT2D eigenvalue weighted by atomic mass is 10.2. The molecule has 1 aliphatic rings. The number of hydrogen-bond acceptors (Lipinski definition) is 4. The molecule has 18 heavy (non-hydrogen) atoms. The standard InChI is InChI=1S/C12H18N4O2/c1-2-3-14-12(18)11(8-13)9-15-4-6-16(10-17)7-5-15/h9-10H,2-7H2,1H3,(H,14,18)/b11-9-. The van der Waals surface area contributed by atoms with Crippen molar-refractivity contribution < 1.29 is 9.59 Å².